The molecule has 0 fully saturated rings. The molecule has 0 amide bonds. The number of hydrogen-bond acceptors (Lipinski definition) is 4. The Bertz CT molecular complexity index is 530. The fraction of sp³-hybridized carbons (Fsp3) is 0.273. The summed E-state index contributed by atoms with van der Waals surface area (Å²) in [6.45, 7) is 3.46. The Labute approximate surface area is 102 Å². The van der Waals surface area contributed by atoms with Gasteiger partial charge in [-0.2, -0.15) is 4.98 Å². The van der Waals surface area contributed by atoms with Gasteiger partial charge in [0, 0.05) is 0 Å². The Balaban J connectivity index is 2.15. The second-order valence-corrected chi connectivity index (χ2v) is 3.92. The van der Waals surface area contributed by atoms with Gasteiger partial charge in [0.2, 0.25) is 0 Å². The third-order valence-electron chi connectivity index (χ3n) is 2.09. The summed E-state index contributed by atoms with van der Waals surface area (Å²) < 4.78 is 23.3. The maximum absolute atomic E-state index is 12.8. The van der Waals surface area contributed by atoms with E-state index in [2.05, 4.69) is 10.1 Å². The van der Waals surface area contributed by atoms with Crippen LogP contribution in [0.2, 0.25) is 5.02 Å². The van der Waals surface area contributed by atoms with E-state index < -0.39 is 11.9 Å². The summed E-state index contributed by atoms with van der Waals surface area (Å²) in [6, 6.07) is 3.91. The summed E-state index contributed by atoms with van der Waals surface area (Å²) in [4.78, 5) is 4.03. The average Bonchev–Trinajstić information content (AvgIpc) is 2.69. The summed E-state index contributed by atoms with van der Waals surface area (Å²) in [5.41, 5.74) is 0. The third-order valence-corrected chi connectivity index (χ3v) is 2.38. The summed E-state index contributed by atoms with van der Waals surface area (Å²) >= 11 is 5.83. The molecule has 0 saturated heterocycles. The minimum atomic E-state index is -0.445. The summed E-state index contributed by atoms with van der Waals surface area (Å²) in [7, 11) is 0. The van der Waals surface area contributed by atoms with Crippen molar-refractivity contribution in [3.63, 3.8) is 0 Å². The van der Waals surface area contributed by atoms with E-state index in [1.54, 1.807) is 13.8 Å². The zero-order chi connectivity index (χ0) is 12.4. The van der Waals surface area contributed by atoms with E-state index in [9.17, 15) is 4.39 Å². The molecule has 17 heavy (non-hydrogen) atoms. The minimum absolute atomic E-state index is 0.202. The molecule has 1 atom stereocenters. The SMILES string of the molecule is Cc1noc([C@@H](C)Oc2ccc(F)cc2Cl)n1. The first-order chi connectivity index (χ1) is 8.06. The van der Waals surface area contributed by atoms with Gasteiger partial charge in [-0.1, -0.05) is 16.8 Å². The van der Waals surface area contributed by atoms with Crippen molar-refractivity contribution in [1.29, 1.82) is 0 Å². The van der Waals surface area contributed by atoms with Crippen molar-refractivity contribution in [3.05, 3.63) is 40.8 Å². The molecule has 1 aromatic carbocycles. The van der Waals surface area contributed by atoms with Gasteiger partial charge < -0.3 is 9.26 Å². The summed E-state index contributed by atoms with van der Waals surface area (Å²) in [6.07, 6.45) is -0.445. The highest BCUT2D eigenvalue weighted by Crippen LogP contribution is 2.28. The van der Waals surface area contributed by atoms with Crippen LogP contribution in [0.3, 0.4) is 0 Å². The van der Waals surface area contributed by atoms with Gasteiger partial charge in [-0.25, -0.2) is 4.39 Å². The van der Waals surface area contributed by atoms with Crippen LogP contribution in [-0.2, 0) is 0 Å². The Morgan fingerprint density at radius 1 is 1.47 bits per heavy atom. The molecule has 90 valence electrons. The zero-order valence-corrected chi connectivity index (χ0v) is 10.0. The summed E-state index contributed by atoms with van der Waals surface area (Å²) in [5, 5.41) is 3.86. The first-order valence-electron chi connectivity index (χ1n) is 4.98. The van der Waals surface area contributed by atoms with Crippen LogP contribution in [0, 0.1) is 12.7 Å². The van der Waals surface area contributed by atoms with Crippen molar-refractivity contribution in [1.82, 2.24) is 10.1 Å². The molecule has 0 radical (unpaired) electrons. The van der Waals surface area contributed by atoms with Crippen LogP contribution in [0.15, 0.2) is 22.7 Å². The molecule has 0 spiro atoms. The molecule has 2 rings (SSSR count). The van der Waals surface area contributed by atoms with E-state index in [1.165, 1.54) is 18.2 Å². The maximum Gasteiger partial charge on any atom is 0.267 e. The molecule has 0 aliphatic heterocycles. The predicted molar refractivity (Wildman–Crippen MR) is 59.5 cm³/mol. The maximum atomic E-state index is 12.8. The third kappa shape index (κ3) is 2.74. The number of nitrogens with zero attached hydrogens (tertiary/aromatic N) is 2. The normalized spacial score (nSPS) is 12.5. The highest BCUT2D eigenvalue weighted by Gasteiger charge is 2.16. The Morgan fingerprint density at radius 2 is 2.24 bits per heavy atom. The molecule has 0 unspecified atom stereocenters. The van der Waals surface area contributed by atoms with Crippen LogP contribution in [0.5, 0.6) is 5.75 Å². The van der Waals surface area contributed by atoms with Crippen LogP contribution < -0.4 is 4.74 Å². The molecule has 0 aliphatic rings. The fourth-order valence-electron chi connectivity index (χ4n) is 1.29. The van der Waals surface area contributed by atoms with Crippen molar-refractivity contribution >= 4 is 11.6 Å². The second kappa shape index (κ2) is 4.71. The second-order valence-electron chi connectivity index (χ2n) is 3.51. The first-order valence-corrected chi connectivity index (χ1v) is 5.36. The molecule has 0 aliphatic carbocycles. The van der Waals surface area contributed by atoms with Crippen molar-refractivity contribution in [2.45, 2.75) is 20.0 Å². The van der Waals surface area contributed by atoms with Gasteiger partial charge in [0.15, 0.2) is 11.9 Å². The van der Waals surface area contributed by atoms with Gasteiger partial charge in [-0.05, 0) is 32.0 Å². The Kier molecular flexibility index (Phi) is 3.28. The largest absolute Gasteiger partial charge is 0.479 e. The number of aromatic nitrogens is 2. The van der Waals surface area contributed by atoms with Crippen molar-refractivity contribution in [2.24, 2.45) is 0 Å². The van der Waals surface area contributed by atoms with E-state index in [-0.39, 0.29) is 5.02 Å². The molecular formula is C11H10ClFN2O2. The lowest BCUT2D eigenvalue weighted by Gasteiger charge is -2.11. The number of hydrogen-bond donors (Lipinski definition) is 0. The predicted octanol–water partition coefficient (Wildman–Crippen LogP) is 3.31. The Hall–Kier alpha value is -1.62. The highest BCUT2D eigenvalue weighted by atomic mass is 35.5. The number of halogens is 2. The highest BCUT2D eigenvalue weighted by molar-refractivity contribution is 6.32. The molecule has 1 heterocycles. The lowest BCUT2D eigenvalue weighted by atomic mass is 10.3. The molecule has 4 nitrogen and oxygen atoms in total. The van der Waals surface area contributed by atoms with Gasteiger partial charge in [0.25, 0.3) is 5.89 Å². The van der Waals surface area contributed by atoms with E-state index in [4.69, 9.17) is 20.9 Å². The Morgan fingerprint density at radius 3 is 2.82 bits per heavy atom. The van der Waals surface area contributed by atoms with Crippen LogP contribution >= 0.6 is 11.6 Å². The van der Waals surface area contributed by atoms with E-state index in [0.717, 1.165) is 0 Å². The fourth-order valence-corrected chi connectivity index (χ4v) is 1.50. The van der Waals surface area contributed by atoms with E-state index >= 15 is 0 Å². The molecule has 0 N–H and O–H groups in total. The lowest BCUT2D eigenvalue weighted by Crippen LogP contribution is -2.04. The molecule has 6 heteroatoms. The number of aryl methyl sites for hydroxylation is 1. The van der Waals surface area contributed by atoms with E-state index in [0.29, 0.717) is 17.5 Å². The van der Waals surface area contributed by atoms with Gasteiger partial charge in [-0.3, -0.25) is 0 Å². The number of benzene rings is 1. The molecule has 1 aromatic heterocycles. The van der Waals surface area contributed by atoms with Crippen LogP contribution in [0.4, 0.5) is 4.39 Å². The quantitative estimate of drug-likeness (QED) is 0.845. The number of ether oxygens (including phenoxy) is 1. The van der Waals surface area contributed by atoms with Gasteiger partial charge >= 0.3 is 0 Å². The number of rotatable bonds is 3. The molecule has 0 saturated carbocycles. The van der Waals surface area contributed by atoms with Crippen LogP contribution in [0.25, 0.3) is 0 Å². The van der Waals surface area contributed by atoms with Crippen molar-refractivity contribution in [2.75, 3.05) is 0 Å². The smallest absolute Gasteiger partial charge is 0.267 e. The van der Waals surface area contributed by atoms with Crippen LogP contribution in [0.1, 0.15) is 24.7 Å². The monoisotopic (exact) mass is 256 g/mol. The van der Waals surface area contributed by atoms with Gasteiger partial charge in [-0.15, -0.1) is 0 Å². The zero-order valence-electron chi connectivity index (χ0n) is 9.28. The first kappa shape index (κ1) is 11.9. The average molecular weight is 257 g/mol. The molecular weight excluding hydrogens is 247 g/mol. The van der Waals surface area contributed by atoms with Gasteiger partial charge in [0.05, 0.1) is 5.02 Å². The van der Waals surface area contributed by atoms with Gasteiger partial charge in [0.1, 0.15) is 11.6 Å². The molecule has 0 bridgehead atoms. The van der Waals surface area contributed by atoms with Crippen molar-refractivity contribution < 1.29 is 13.7 Å². The lowest BCUT2D eigenvalue weighted by molar-refractivity contribution is 0.175. The topological polar surface area (TPSA) is 48.2 Å². The van der Waals surface area contributed by atoms with Crippen molar-refractivity contribution in [3.8, 4) is 5.75 Å². The van der Waals surface area contributed by atoms with E-state index in [1.807, 2.05) is 0 Å². The standard InChI is InChI=1S/C11H10ClFN2O2/c1-6(11-14-7(2)15-17-11)16-10-4-3-8(13)5-9(10)12/h3-6H,1-2H3/t6-/m1/s1. The van der Waals surface area contributed by atoms with Crippen LogP contribution in [-0.4, -0.2) is 10.1 Å². The molecule has 2 aromatic rings. The summed E-state index contributed by atoms with van der Waals surface area (Å²) in [5.74, 6) is 0.837. The minimum Gasteiger partial charge on any atom is -0.479 e.